The van der Waals surface area contributed by atoms with E-state index < -0.39 is 0 Å². The van der Waals surface area contributed by atoms with E-state index in [2.05, 4.69) is 31.7 Å². The highest BCUT2D eigenvalue weighted by Gasteiger charge is 2.19. The molecule has 0 aromatic carbocycles. The van der Waals surface area contributed by atoms with E-state index in [-0.39, 0.29) is 11.8 Å². The Balaban J connectivity index is 1.65. The molecule has 0 saturated carbocycles. The molecule has 6 heteroatoms. The predicted octanol–water partition coefficient (Wildman–Crippen LogP) is 1.32. The first-order chi connectivity index (χ1) is 11.1. The second-order valence-corrected chi connectivity index (χ2v) is 6.23. The van der Waals surface area contributed by atoms with Gasteiger partial charge in [0.05, 0.1) is 0 Å². The highest BCUT2D eigenvalue weighted by atomic mass is 16.1. The van der Waals surface area contributed by atoms with Gasteiger partial charge < -0.3 is 10.2 Å². The Morgan fingerprint density at radius 1 is 1.30 bits per heavy atom. The molecule has 1 saturated heterocycles. The van der Waals surface area contributed by atoms with Gasteiger partial charge in [-0.2, -0.15) is 0 Å². The molecular weight excluding hydrogens is 290 g/mol. The van der Waals surface area contributed by atoms with Crippen LogP contribution < -0.4 is 10.2 Å². The molecule has 126 valence electrons. The molecule has 1 fully saturated rings. The first kappa shape index (κ1) is 17.4. The molecule has 2 rings (SSSR count). The summed E-state index contributed by atoms with van der Waals surface area (Å²) in [6.45, 7) is 13.1. The number of nitrogens with one attached hydrogen (secondary N) is 1. The standard InChI is InChI=1S/C17H27N5O/c1-14(2)13-15(3)16(23)18-7-8-21-9-11-22(12-10-21)17-19-5-4-6-20-17/h4-6,15H,1,7-13H2,2-3H3,(H,18,23). The number of hydrogen-bond donors (Lipinski definition) is 1. The quantitative estimate of drug-likeness (QED) is 0.769. The van der Waals surface area contributed by atoms with Crippen molar-refractivity contribution < 1.29 is 4.79 Å². The summed E-state index contributed by atoms with van der Waals surface area (Å²) in [6, 6.07) is 1.83. The van der Waals surface area contributed by atoms with Gasteiger partial charge in [0.15, 0.2) is 0 Å². The first-order valence-corrected chi connectivity index (χ1v) is 8.22. The number of nitrogens with zero attached hydrogens (tertiary/aromatic N) is 4. The molecule has 1 unspecified atom stereocenters. The Bertz CT molecular complexity index is 511. The summed E-state index contributed by atoms with van der Waals surface area (Å²) in [5.41, 5.74) is 1.05. The second kappa shape index (κ2) is 8.62. The number of anilines is 1. The summed E-state index contributed by atoms with van der Waals surface area (Å²) < 4.78 is 0. The Morgan fingerprint density at radius 2 is 1.96 bits per heavy atom. The van der Waals surface area contributed by atoms with Crippen LogP contribution in [0.2, 0.25) is 0 Å². The summed E-state index contributed by atoms with van der Waals surface area (Å²) >= 11 is 0. The van der Waals surface area contributed by atoms with Crippen molar-refractivity contribution in [2.45, 2.75) is 20.3 Å². The highest BCUT2D eigenvalue weighted by molar-refractivity contribution is 5.78. The van der Waals surface area contributed by atoms with Gasteiger partial charge in [0.25, 0.3) is 0 Å². The van der Waals surface area contributed by atoms with Crippen LogP contribution in [-0.2, 0) is 4.79 Å². The molecule has 1 aromatic heterocycles. The van der Waals surface area contributed by atoms with Crippen molar-refractivity contribution >= 4 is 11.9 Å². The minimum Gasteiger partial charge on any atom is -0.355 e. The van der Waals surface area contributed by atoms with Crippen LogP contribution >= 0.6 is 0 Å². The van der Waals surface area contributed by atoms with Crippen LogP contribution in [0, 0.1) is 5.92 Å². The molecule has 6 nitrogen and oxygen atoms in total. The van der Waals surface area contributed by atoms with E-state index in [1.54, 1.807) is 12.4 Å². The molecule has 1 amide bonds. The highest BCUT2D eigenvalue weighted by Crippen LogP contribution is 2.10. The number of carbonyl (C=O) groups is 1. The molecule has 1 N–H and O–H groups in total. The van der Waals surface area contributed by atoms with Crippen LogP contribution in [-0.4, -0.2) is 60.0 Å². The molecule has 1 aromatic rings. The average Bonchev–Trinajstić information content (AvgIpc) is 2.55. The summed E-state index contributed by atoms with van der Waals surface area (Å²) in [6.07, 6.45) is 4.30. The Kier molecular flexibility index (Phi) is 6.52. The van der Waals surface area contributed by atoms with E-state index >= 15 is 0 Å². The largest absolute Gasteiger partial charge is 0.355 e. The molecule has 23 heavy (non-hydrogen) atoms. The maximum absolute atomic E-state index is 12.0. The zero-order valence-corrected chi connectivity index (χ0v) is 14.2. The number of rotatable bonds is 7. The van der Waals surface area contributed by atoms with Gasteiger partial charge in [0.2, 0.25) is 11.9 Å². The number of hydrogen-bond acceptors (Lipinski definition) is 5. The van der Waals surface area contributed by atoms with Crippen molar-refractivity contribution in [3.8, 4) is 0 Å². The summed E-state index contributed by atoms with van der Waals surface area (Å²) in [5, 5.41) is 3.02. The maximum atomic E-state index is 12.0. The second-order valence-electron chi connectivity index (χ2n) is 6.23. The summed E-state index contributed by atoms with van der Waals surface area (Å²) in [4.78, 5) is 25.1. The minimum absolute atomic E-state index is 0.000392. The Hall–Kier alpha value is -1.95. The Morgan fingerprint density at radius 3 is 2.57 bits per heavy atom. The minimum atomic E-state index is -0.000392. The van der Waals surface area contributed by atoms with Crippen LogP contribution in [0.3, 0.4) is 0 Å². The molecule has 0 spiro atoms. The van der Waals surface area contributed by atoms with E-state index in [0.717, 1.165) is 50.7 Å². The van der Waals surface area contributed by atoms with Gasteiger partial charge in [-0.3, -0.25) is 9.69 Å². The van der Waals surface area contributed by atoms with Gasteiger partial charge in [-0.25, -0.2) is 9.97 Å². The molecule has 1 atom stereocenters. The first-order valence-electron chi connectivity index (χ1n) is 8.22. The zero-order valence-electron chi connectivity index (χ0n) is 14.2. The van der Waals surface area contributed by atoms with E-state index in [0.29, 0.717) is 6.54 Å². The number of piperazine rings is 1. The SMILES string of the molecule is C=C(C)CC(C)C(=O)NCCN1CCN(c2ncccn2)CC1. The van der Waals surface area contributed by atoms with Crippen molar-refractivity contribution in [3.63, 3.8) is 0 Å². The van der Waals surface area contributed by atoms with Crippen molar-refractivity contribution in [2.24, 2.45) is 5.92 Å². The van der Waals surface area contributed by atoms with Gasteiger partial charge >= 0.3 is 0 Å². The molecule has 1 aliphatic rings. The third-order valence-corrected chi connectivity index (χ3v) is 4.04. The van der Waals surface area contributed by atoms with Gasteiger partial charge in [-0.15, -0.1) is 6.58 Å². The van der Waals surface area contributed by atoms with Crippen LogP contribution in [0.25, 0.3) is 0 Å². The fraction of sp³-hybridized carbons (Fsp3) is 0.588. The smallest absolute Gasteiger partial charge is 0.225 e. The molecule has 2 heterocycles. The fourth-order valence-electron chi connectivity index (χ4n) is 2.75. The summed E-state index contributed by atoms with van der Waals surface area (Å²) in [7, 11) is 0. The van der Waals surface area contributed by atoms with Gasteiger partial charge in [0, 0.05) is 57.6 Å². The zero-order chi connectivity index (χ0) is 16.7. The van der Waals surface area contributed by atoms with Crippen molar-refractivity contribution in [3.05, 3.63) is 30.6 Å². The third kappa shape index (κ3) is 5.63. The van der Waals surface area contributed by atoms with Gasteiger partial charge in [-0.05, 0) is 19.4 Å². The lowest BCUT2D eigenvalue weighted by Gasteiger charge is -2.34. The molecule has 0 aliphatic carbocycles. The summed E-state index contributed by atoms with van der Waals surface area (Å²) in [5.74, 6) is 0.915. The van der Waals surface area contributed by atoms with E-state index in [1.807, 2.05) is 19.9 Å². The lowest BCUT2D eigenvalue weighted by molar-refractivity contribution is -0.124. The molecule has 1 aliphatic heterocycles. The van der Waals surface area contributed by atoms with Gasteiger partial charge in [0.1, 0.15) is 0 Å². The number of allylic oxidation sites excluding steroid dienone is 1. The van der Waals surface area contributed by atoms with E-state index in [1.165, 1.54) is 0 Å². The van der Waals surface area contributed by atoms with Crippen molar-refractivity contribution in [1.82, 2.24) is 20.2 Å². The monoisotopic (exact) mass is 317 g/mol. The molecular formula is C17H27N5O. The average molecular weight is 317 g/mol. The predicted molar refractivity (Wildman–Crippen MR) is 92.3 cm³/mol. The lowest BCUT2D eigenvalue weighted by Crippen LogP contribution is -2.49. The normalized spacial score (nSPS) is 16.9. The Labute approximate surface area is 138 Å². The van der Waals surface area contributed by atoms with E-state index in [9.17, 15) is 4.79 Å². The van der Waals surface area contributed by atoms with Crippen molar-refractivity contribution in [2.75, 3.05) is 44.2 Å². The number of aromatic nitrogens is 2. The van der Waals surface area contributed by atoms with Crippen LogP contribution in [0.15, 0.2) is 30.6 Å². The number of carbonyl (C=O) groups excluding carboxylic acids is 1. The van der Waals surface area contributed by atoms with Gasteiger partial charge in [-0.1, -0.05) is 12.5 Å². The molecule has 0 bridgehead atoms. The fourth-order valence-corrected chi connectivity index (χ4v) is 2.75. The van der Waals surface area contributed by atoms with Crippen LogP contribution in [0.5, 0.6) is 0 Å². The van der Waals surface area contributed by atoms with Crippen LogP contribution in [0.4, 0.5) is 5.95 Å². The number of amides is 1. The molecule has 0 radical (unpaired) electrons. The van der Waals surface area contributed by atoms with Crippen molar-refractivity contribution in [1.29, 1.82) is 0 Å². The third-order valence-electron chi connectivity index (χ3n) is 4.04. The lowest BCUT2D eigenvalue weighted by atomic mass is 10.0. The van der Waals surface area contributed by atoms with Crippen LogP contribution in [0.1, 0.15) is 20.3 Å². The topological polar surface area (TPSA) is 61.4 Å². The van der Waals surface area contributed by atoms with E-state index in [4.69, 9.17) is 0 Å². The maximum Gasteiger partial charge on any atom is 0.225 e.